The molecule has 0 saturated heterocycles. The third-order valence-corrected chi connectivity index (χ3v) is 5.22. The second-order valence-electron chi connectivity index (χ2n) is 7.57. The lowest BCUT2D eigenvalue weighted by Crippen LogP contribution is -2.30. The summed E-state index contributed by atoms with van der Waals surface area (Å²) < 4.78 is 28.9. The number of amides is 2. The van der Waals surface area contributed by atoms with Crippen molar-refractivity contribution in [2.24, 2.45) is 0 Å². The van der Waals surface area contributed by atoms with Crippen molar-refractivity contribution in [2.45, 2.75) is 19.9 Å². The van der Waals surface area contributed by atoms with Crippen LogP contribution in [0.3, 0.4) is 0 Å². The molecule has 3 rings (SSSR count). The average Bonchev–Trinajstić information content (AvgIpc) is 2.81. The minimum atomic E-state index is -1.04. The lowest BCUT2D eigenvalue weighted by atomic mass is 10.0. The Labute approximate surface area is 199 Å². The van der Waals surface area contributed by atoms with E-state index in [1.807, 2.05) is 0 Å². The topological polar surface area (TPSA) is 121 Å². The monoisotopic (exact) mass is 485 g/mol. The number of benzene rings is 2. The van der Waals surface area contributed by atoms with Gasteiger partial charge in [0.25, 0.3) is 5.91 Å². The molecule has 1 aromatic heterocycles. The number of nitrogen functional groups attached to an aromatic ring is 1. The van der Waals surface area contributed by atoms with E-state index in [0.29, 0.717) is 21.8 Å². The summed E-state index contributed by atoms with van der Waals surface area (Å²) in [7, 11) is 0. The maximum atomic E-state index is 14.5. The Morgan fingerprint density at radius 1 is 1.06 bits per heavy atom. The molecule has 10 heteroatoms. The van der Waals surface area contributed by atoms with E-state index in [0.717, 1.165) is 0 Å². The fraction of sp³-hybridized carbons (Fsp3) is 0.167. The largest absolute Gasteiger partial charge is 0.398 e. The highest BCUT2D eigenvalue weighted by atomic mass is 35.5. The third kappa shape index (κ3) is 6.14. The number of hydrogen-bond acceptors (Lipinski definition) is 5. The summed E-state index contributed by atoms with van der Waals surface area (Å²) in [5.41, 5.74) is 7.54. The Kier molecular flexibility index (Phi) is 7.91. The Balaban J connectivity index is 1.68. The van der Waals surface area contributed by atoms with Gasteiger partial charge in [0.2, 0.25) is 5.91 Å². The molecule has 0 fully saturated rings. The van der Waals surface area contributed by atoms with E-state index in [2.05, 4.69) is 15.6 Å². The van der Waals surface area contributed by atoms with E-state index in [1.54, 1.807) is 18.2 Å². The molecule has 2 aromatic carbocycles. The van der Waals surface area contributed by atoms with Crippen molar-refractivity contribution >= 4 is 34.8 Å². The van der Waals surface area contributed by atoms with Crippen LogP contribution in [0.4, 0.5) is 14.5 Å². The Morgan fingerprint density at radius 2 is 1.76 bits per heavy atom. The minimum Gasteiger partial charge on any atom is -0.398 e. The van der Waals surface area contributed by atoms with Crippen LogP contribution < -0.4 is 16.4 Å². The Hall–Kier alpha value is -3.85. The van der Waals surface area contributed by atoms with Crippen LogP contribution in [0.25, 0.3) is 0 Å². The first-order valence-corrected chi connectivity index (χ1v) is 10.6. The maximum Gasteiger partial charge on any atom is 0.253 e. The van der Waals surface area contributed by atoms with E-state index in [9.17, 15) is 18.4 Å². The van der Waals surface area contributed by atoms with Crippen LogP contribution in [0.1, 0.15) is 39.5 Å². The Bertz CT molecular complexity index is 1270. The van der Waals surface area contributed by atoms with Gasteiger partial charge >= 0.3 is 0 Å². The number of carbonyl (C=O) groups excluding carboxylic acids is 2. The van der Waals surface area contributed by atoms with Gasteiger partial charge in [-0.05, 0) is 35.4 Å². The van der Waals surface area contributed by atoms with Crippen LogP contribution in [-0.2, 0) is 17.8 Å². The van der Waals surface area contributed by atoms with Crippen molar-refractivity contribution in [3.8, 4) is 0 Å². The van der Waals surface area contributed by atoms with E-state index < -0.39 is 17.5 Å². The van der Waals surface area contributed by atoms with Gasteiger partial charge in [0.1, 0.15) is 0 Å². The van der Waals surface area contributed by atoms with Crippen molar-refractivity contribution in [1.29, 1.82) is 5.41 Å². The number of pyridine rings is 1. The second-order valence-corrected chi connectivity index (χ2v) is 8.01. The second kappa shape index (κ2) is 10.8. The van der Waals surface area contributed by atoms with Crippen molar-refractivity contribution in [2.75, 3.05) is 12.3 Å². The van der Waals surface area contributed by atoms with E-state index >= 15 is 0 Å². The predicted octanol–water partition coefficient (Wildman–Crippen LogP) is 3.62. The molecule has 176 valence electrons. The zero-order valence-electron chi connectivity index (χ0n) is 18.2. The molecule has 0 aliphatic carbocycles. The molecule has 1 heterocycles. The predicted molar refractivity (Wildman–Crippen MR) is 126 cm³/mol. The van der Waals surface area contributed by atoms with E-state index in [1.165, 1.54) is 37.5 Å². The van der Waals surface area contributed by atoms with Gasteiger partial charge in [-0.3, -0.25) is 14.6 Å². The number of carbonyl (C=O) groups is 2. The molecular formula is C24H22ClF2N5O2. The Morgan fingerprint density at radius 3 is 2.50 bits per heavy atom. The quantitative estimate of drug-likeness (QED) is 0.287. The maximum absolute atomic E-state index is 14.5. The molecule has 2 amide bonds. The molecule has 0 spiro atoms. The molecule has 0 aliphatic heterocycles. The summed E-state index contributed by atoms with van der Waals surface area (Å²) in [6.45, 7) is 1.07. The van der Waals surface area contributed by atoms with E-state index in [-0.39, 0.29) is 47.8 Å². The number of rotatable bonds is 8. The molecule has 7 nitrogen and oxygen atoms in total. The van der Waals surface area contributed by atoms with Crippen LogP contribution in [0.15, 0.2) is 48.8 Å². The highest BCUT2D eigenvalue weighted by molar-refractivity contribution is 6.31. The summed E-state index contributed by atoms with van der Waals surface area (Å²) in [5.74, 6) is -2.90. The van der Waals surface area contributed by atoms with Crippen molar-refractivity contribution in [1.82, 2.24) is 15.6 Å². The van der Waals surface area contributed by atoms with Gasteiger partial charge in [0, 0.05) is 54.1 Å². The van der Waals surface area contributed by atoms with Crippen molar-refractivity contribution in [3.05, 3.63) is 93.3 Å². The molecule has 0 saturated carbocycles. The first kappa shape index (κ1) is 24.8. The fourth-order valence-electron chi connectivity index (χ4n) is 3.21. The molecular weight excluding hydrogens is 464 g/mol. The summed E-state index contributed by atoms with van der Waals surface area (Å²) in [4.78, 5) is 27.6. The first-order chi connectivity index (χ1) is 16.2. The molecule has 34 heavy (non-hydrogen) atoms. The summed E-state index contributed by atoms with van der Waals surface area (Å²) in [6.07, 6.45) is 2.80. The lowest BCUT2D eigenvalue weighted by Gasteiger charge is -2.11. The van der Waals surface area contributed by atoms with Crippen LogP contribution in [0.2, 0.25) is 5.02 Å². The van der Waals surface area contributed by atoms with Crippen LogP contribution in [-0.4, -0.2) is 29.1 Å². The summed E-state index contributed by atoms with van der Waals surface area (Å²) in [5, 5.41) is 13.6. The number of halogens is 3. The smallest absolute Gasteiger partial charge is 0.253 e. The third-order valence-electron chi connectivity index (χ3n) is 4.99. The van der Waals surface area contributed by atoms with E-state index in [4.69, 9.17) is 22.7 Å². The molecule has 5 N–H and O–H groups in total. The van der Waals surface area contributed by atoms with Gasteiger partial charge < -0.3 is 21.8 Å². The van der Waals surface area contributed by atoms with Crippen molar-refractivity contribution < 1.29 is 18.4 Å². The molecule has 3 aromatic rings. The first-order valence-electron chi connectivity index (χ1n) is 10.2. The van der Waals surface area contributed by atoms with Gasteiger partial charge in [-0.15, -0.1) is 0 Å². The molecule has 0 aliphatic rings. The fourth-order valence-corrected chi connectivity index (χ4v) is 3.38. The SMILES string of the molecule is CC(=O)NCc1ccc(Cc2cncc(C(=O)NCC(=N)c3cc(Cl)ccc3N)c2)c(F)c1F. The van der Waals surface area contributed by atoms with Gasteiger partial charge in [-0.1, -0.05) is 23.7 Å². The van der Waals surface area contributed by atoms with Crippen LogP contribution in [0, 0.1) is 17.0 Å². The van der Waals surface area contributed by atoms with Gasteiger partial charge in [-0.2, -0.15) is 0 Å². The van der Waals surface area contributed by atoms with Crippen LogP contribution >= 0.6 is 11.6 Å². The average molecular weight is 486 g/mol. The molecule has 0 atom stereocenters. The number of anilines is 1. The minimum absolute atomic E-state index is 0.00611. The van der Waals surface area contributed by atoms with Gasteiger partial charge in [0.15, 0.2) is 11.6 Å². The number of nitrogens with two attached hydrogens (primary N) is 1. The standard InChI is InChI=1S/C24H22ClF2N5O2/c1-13(33)31-11-16-3-2-15(22(26)23(16)27)6-14-7-17(10-30-9-14)24(34)32-12-21(29)19-8-18(25)4-5-20(19)28/h2-5,7-10,29H,6,11-12,28H2,1H3,(H,31,33)(H,32,34). The van der Waals surface area contributed by atoms with Gasteiger partial charge in [-0.25, -0.2) is 8.78 Å². The highest BCUT2D eigenvalue weighted by Gasteiger charge is 2.16. The molecule has 0 bridgehead atoms. The molecule has 0 unspecified atom stereocenters. The molecule has 0 radical (unpaired) electrons. The zero-order chi connectivity index (χ0) is 24.8. The number of nitrogens with zero attached hydrogens (tertiary/aromatic N) is 1. The normalized spacial score (nSPS) is 10.6. The lowest BCUT2D eigenvalue weighted by molar-refractivity contribution is -0.119. The highest BCUT2D eigenvalue weighted by Crippen LogP contribution is 2.20. The summed E-state index contributed by atoms with van der Waals surface area (Å²) in [6, 6.07) is 9.08. The number of nitrogens with one attached hydrogen (secondary N) is 3. The summed E-state index contributed by atoms with van der Waals surface area (Å²) >= 11 is 5.95. The zero-order valence-corrected chi connectivity index (χ0v) is 19.0. The van der Waals surface area contributed by atoms with Gasteiger partial charge in [0.05, 0.1) is 17.8 Å². The number of hydrogen-bond donors (Lipinski definition) is 4. The number of aromatic nitrogens is 1. The van der Waals surface area contributed by atoms with Crippen LogP contribution in [0.5, 0.6) is 0 Å². The van der Waals surface area contributed by atoms with Crippen molar-refractivity contribution in [3.63, 3.8) is 0 Å².